The Morgan fingerprint density at radius 3 is 2.54 bits per heavy atom. The number of fused-ring (bicyclic) bond motifs is 1. The average molecular weight is 325 g/mol. The summed E-state index contributed by atoms with van der Waals surface area (Å²) in [5.41, 5.74) is -0.302. The molecule has 0 saturated carbocycles. The molecule has 6 nitrogen and oxygen atoms in total. The van der Waals surface area contributed by atoms with Gasteiger partial charge in [-0.25, -0.2) is 4.79 Å². The Morgan fingerprint density at radius 1 is 1.17 bits per heavy atom. The summed E-state index contributed by atoms with van der Waals surface area (Å²) in [4.78, 5) is 37.4. The minimum Gasteiger partial charge on any atom is -0.325 e. The average Bonchev–Trinajstić information content (AvgIpc) is 2.78. The van der Waals surface area contributed by atoms with Gasteiger partial charge in [0.15, 0.2) is 0 Å². The summed E-state index contributed by atoms with van der Waals surface area (Å²) in [7, 11) is 0. The van der Waals surface area contributed by atoms with Crippen LogP contribution in [0.1, 0.15) is 20.3 Å². The number of carbonyl (C=O) groups excluding carboxylic acids is 3. The van der Waals surface area contributed by atoms with Crippen LogP contribution in [-0.2, 0) is 9.59 Å². The predicted octanol–water partition coefficient (Wildman–Crippen LogP) is 2.50. The number of urea groups is 1. The van der Waals surface area contributed by atoms with E-state index in [1.54, 1.807) is 13.0 Å². The van der Waals surface area contributed by atoms with Gasteiger partial charge in [0.2, 0.25) is 5.91 Å². The third-order valence-corrected chi connectivity index (χ3v) is 4.39. The van der Waals surface area contributed by atoms with Gasteiger partial charge in [0.1, 0.15) is 12.1 Å². The highest BCUT2D eigenvalue weighted by Crippen LogP contribution is 2.21. The van der Waals surface area contributed by atoms with Crippen LogP contribution in [0.5, 0.6) is 0 Å². The van der Waals surface area contributed by atoms with Gasteiger partial charge < -0.3 is 10.6 Å². The summed E-state index contributed by atoms with van der Waals surface area (Å²) in [6.45, 7) is 3.18. The van der Waals surface area contributed by atoms with Gasteiger partial charge >= 0.3 is 6.03 Å². The van der Waals surface area contributed by atoms with Gasteiger partial charge in [-0.1, -0.05) is 37.3 Å². The molecule has 0 unspecified atom stereocenters. The quantitative estimate of drug-likeness (QED) is 0.848. The first-order chi connectivity index (χ1) is 11.4. The van der Waals surface area contributed by atoms with Crippen molar-refractivity contribution in [3.63, 3.8) is 0 Å². The van der Waals surface area contributed by atoms with Crippen molar-refractivity contribution in [3.8, 4) is 0 Å². The number of amides is 4. The molecule has 1 atom stereocenters. The van der Waals surface area contributed by atoms with Crippen LogP contribution in [0.15, 0.2) is 42.5 Å². The van der Waals surface area contributed by atoms with Crippen LogP contribution in [0.2, 0.25) is 0 Å². The van der Waals surface area contributed by atoms with E-state index in [4.69, 9.17) is 0 Å². The van der Waals surface area contributed by atoms with E-state index in [9.17, 15) is 14.4 Å². The molecule has 0 aliphatic carbocycles. The number of nitrogens with zero attached hydrogens (tertiary/aromatic N) is 1. The van der Waals surface area contributed by atoms with Crippen LogP contribution in [0.4, 0.5) is 10.5 Å². The first-order valence-electron chi connectivity index (χ1n) is 7.86. The molecule has 1 fully saturated rings. The van der Waals surface area contributed by atoms with Crippen LogP contribution < -0.4 is 10.6 Å². The van der Waals surface area contributed by atoms with Gasteiger partial charge in [0, 0.05) is 5.69 Å². The van der Waals surface area contributed by atoms with Crippen LogP contribution >= 0.6 is 0 Å². The number of benzene rings is 2. The van der Waals surface area contributed by atoms with Crippen molar-refractivity contribution in [2.75, 3.05) is 11.9 Å². The lowest BCUT2D eigenvalue weighted by atomic mass is 9.99. The molecule has 6 heteroatoms. The number of hydrogen-bond acceptors (Lipinski definition) is 3. The summed E-state index contributed by atoms with van der Waals surface area (Å²) in [5.74, 6) is -0.780. The summed E-state index contributed by atoms with van der Waals surface area (Å²) in [6, 6.07) is 12.8. The summed E-state index contributed by atoms with van der Waals surface area (Å²) in [5, 5.41) is 7.44. The second-order valence-corrected chi connectivity index (χ2v) is 6.12. The molecule has 1 saturated heterocycles. The normalized spacial score (nSPS) is 20.3. The maximum absolute atomic E-state index is 12.3. The molecule has 2 N–H and O–H groups in total. The van der Waals surface area contributed by atoms with Gasteiger partial charge in [-0.15, -0.1) is 0 Å². The van der Waals surface area contributed by atoms with Gasteiger partial charge in [0.05, 0.1) is 0 Å². The highest BCUT2D eigenvalue weighted by Gasteiger charge is 2.46. The Kier molecular flexibility index (Phi) is 3.97. The van der Waals surface area contributed by atoms with Gasteiger partial charge in [-0.05, 0) is 36.2 Å². The zero-order chi connectivity index (χ0) is 17.3. The van der Waals surface area contributed by atoms with E-state index in [-0.39, 0.29) is 12.5 Å². The highest BCUT2D eigenvalue weighted by molar-refractivity contribution is 6.10. The van der Waals surface area contributed by atoms with Gasteiger partial charge in [-0.3, -0.25) is 14.5 Å². The van der Waals surface area contributed by atoms with Crippen molar-refractivity contribution >= 4 is 34.3 Å². The lowest BCUT2D eigenvalue weighted by Crippen LogP contribution is -2.44. The molecular weight excluding hydrogens is 306 g/mol. The van der Waals surface area contributed by atoms with Crippen LogP contribution in [0, 0.1) is 0 Å². The predicted molar refractivity (Wildman–Crippen MR) is 91.5 cm³/mol. The number of nitrogens with one attached hydrogen (secondary N) is 2. The van der Waals surface area contributed by atoms with E-state index in [0.717, 1.165) is 15.7 Å². The first-order valence-corrected chi connectivity index (χ1v) is 7.86. The molecule has 0 spiro atoms. The number of carbonyl (C=O) groups is 3. The van der Waals surface area contributed by atoms with E-state index < -0.39 is 17.5 Å². The van der Waals surface area contributed by atoms with Gasteiger partial charge in [0.25, 0.3) is 5.91 Å². The monoisotopic (exact) mass is 325 g/mol. The van der Waals surface area contributed by atoms with Gasteiger partial charge in [-0.2, -0.15) is 0 Å². The van der Waals surface area contributed by atoms with Crippen molar-refractivity contribution in [2.24, 2.45) is 0 Å². The van der Waals surface area contributed by atoms with E-state index in [2.05, 4.69) is 10.6 Å². The van der Waals surface area contributed by atoms with E-state index in [0.29, 0.717) is 12.1 Å². The molecule has 0 radical (unpaired) electrons. The maximum Gasteiger partial charge on any atom is 0.325 e. The number of rotatable bonds is 4. The molecule has 1 aliphatic heterocycles. The van der Waals surface area contributed by atoms with Crippen molar-refractivity contribution in [1.82, 2.24) is 10.2 Å². The summed E-state index contributed by atoms with van der Waals surface area (Å²) in [6.07, 6.45) is 0.473. The van der Waals surface area contributed by atoms with Crippen molar-refractivity contribution in [1.29, 1.82) is 0 Å². The zero-order valence-corrected chi connectivity index (χ0v) is 13.6. The van der Waals surface area contributed by atoms with Crippen LogP contribution in [-0.4, -0.2) is 34.8 Å². The smallest absolute Gasteiger partial charge is 0.325 e. The summed E-state index contributed by atoms with van der Waals surface area (Å²) < 4.78 is 0. The third kappa shape index (κ3) is 2.82. The molecule has 124 valence electrons. The molecule has 1 aliphatic rings. The third-order valence-electron chi connectivity index (χ3n) is 4.39. The van der Waals surface area contributed by atoms with E-state index in [1.807, 2.05) is 43.3 Å². The Balaban J connectivity index is 1.71. The molecule has 24 heavy (non-hydrogen) atoms. The first kappa shape index (κ1) is 16.0. The van der Waals surface area contributed by atoms with E-state index >= 15 is 0 Å². The second kappa shape index (κ2) is 5.96. The van der Waals surface area contributed by atoms with E-state index in [1.165, 1.54) is 0 Å². The SMILES string of the molecule is CC[C@]1(C)NC(=O)N(CC(=O)Nc2ccc3ccccc3c2)C1=O. The Hall–Kier alpha value is -2.89. The molecule has 2 aromatic rings. The fraction of sp³-hybridized carbons (Fsp3) is 0.278. The highest BCUT2D eigenvalue weighted by atomic mass is 16.2. The molecule has 0 aromatic heterocycles. The zero-order valence-electron chi connectivity index (χ0n) is 13.6. The lowest BCUT2D eigenvalue weighted by Gasteiger charge is -2.19. The number of hydrogen-bond donors (Lipinski definition) is 2. The molecule has 4 amide bonds. The Bertz CT molecular complexity index is 833. The number of imide groups is 1. The van der Waals surface area contributed by atoms with Crippen molar-refractivity contribution in [3.05, 3.63) is 42.5 Å². The Morgan fingerprint density at radius 2 is 1.88 bits per heavy atom. The molecule has 1 heterocycles. The van der Waals surface area contributed by atoms with Crippen molar-refractivity contribution in [2.45, 2.75) is 25.8 Å². The topological polar surface area (TPSA) is 78.5 Å². The maximum atomic E-state index is 12.3. The largest absolute Gasteiger partial charge is 0.325 e. The molecule has 0 bridgehead atoms. The Labute approximate surface area is 139 Å². The van der Waals surface area contributed by atoms with Crippen LogP contribution in [0.25, 0.3) is 10.8 Å². The van der Waals surface area contributed by atoms with Crippen molar-refractivity contribution < 1.29 is 14.4 Å². The molecular formula is C18H19N3O3. The minimum absolute atomic E-state index is 0.299. The van der Waals surface area contributed by atoms with Crippen LogP contribution in [0.3, 0.4) is 0 Å². The fourth-order valence-electron chi connectivity index (χ4n) is 2.74. The lowest BCUT2D eigenvalue weighted by molar-refractivity contribution is -0.133. The fourth-order valence-corrected chi connectivity index (χ4v) is 2.74. The second-order valence-electron chi connectivity index (χ2n) is 6.12. The minimum atomic E-state index is -0.930. The molecule has 3 rings (SSSR count). The molecule has 2 aromatic carbocycles. The summed E-state index contributed by atoms with van der Waals surface area (Å²) >= 11 is 0. The number of anilines is 1. The standard InChI is InChI=1S/C18H19N3O3/c1-3-18(2)16(23)21(17(24)20-18)11-15(22)19-14-9-8-12-6-4-5-7-13(12)10-14/h4-10H,3,11H2,1-2H3,(H,19,22)(H,20,24)/t18-/m0/s1.